The van der Waals surface area contributed by atoms with E-state index in [0.717, 1.165) is 22.9 Å². The quantitative estimate of drug-likeness (QED) is 0.158. The van der Waals surface area contributed by atoms with Gasteiger partial charge in [0.1, 0.15) is 0 Å². The second-order valence-corrected chi connectivity index (χ2v) is 23.3. The van der Waals surface area contributed by atoms with Gasteiger partial charge in [-0.2, -0.15) is 0 Å². The summed E-state index contributed by atoms with van der Waals surface area (Å²) in [6.45, 7) is 14.0. The van der Waals surface area contributed by atoms with Gasteiger partial charge in [0.15, 0.2) is 0 Å². The van der Waals surface area contributed by atoms with Crippen LogP contribution in [0.2, 0.25) is 10.0 Å². The van der Waals surface area contributed by atoms with Gasteiger partial charge in [-0.05, 0) is 0 Å². The van der Waals surface area contributed by atoms with Crippen LogP contribution in [-0.2, 0) is 38.2 Å². The maximum Gasteiger partial charge on any atom is -0.147 e. The van der Waals surface area contributed by atoms with Crippen LogP contribution in [-0.4, -0.2) is 3.26 Å². The van der Waals surface area contributed by atoms with Gasteiger partial charge in [0.25, 0.3) is 0 Å². The van der Waals surface area contributed by atoms with Crippen molar-refractivity contribution in [2.45, 2.75) is 65.2 Å². The molecule has 0 unspecified atom stereocenters. The predicted octanol–water partition coefficient (Wildman–Crippen LogP) is 11.4. The summed E-state index contributed by atoms with van der Waals surface area (Å²) in [4.78, 5) is 0. The third-order valence-electron chi connectivity index (χ3n) is 8.63. The molecule has 0 amide bonds. The second-order valence-electron chi connectivity index (χ2n) is 13.7. The van der Waals surface area contributed by atoms with Crippen LogP contribution in [0.5, 0.6) is 0 Å². The van der Waals surface area contributed by atoms with Crippen molar-refractivity contribution in [3.05, 3.63) is 144 Å². The van der Waals surface area contributed by atoms with Gasteiger partial charge >= 0.3 is 271 Å². The molecule has 5 heteroatoms. The van der Waals surface area contributed by atoms with Crippen LogP contribution in [0.25, 0.3) is 11.1 Å². The van der Waals surface area contributed by atoms with Gasteiger partial charge in [-0.25, -0.2) is 0 Å². The van der Waals surface area contributed by atoms with Crippen molar-refractivity contribution in [2.24, 2.45) is 0 Å². The van der Waals surface area contributed by atoms with Crippen LogP contribution >= 0.6 is 48.0 Å². The van der Waals surface area contributed by atoms with Crippen LogP contribution in [0.3, 0.4) is 0 Å². The second kappa shape index (κ2) is 13.5. The number of allylic oxidation sites excluding steroid dienone is 4. The van der Waals surface area contributed by atoms with Gasteiger partial charge in [-0.1, -0.05) is 0 Å². The molecule has 0 radical (unpaired) electrons. The Labute approximate surface area is 293 Å². The first-order chi connectivity index (χ1) is 19.9. The van der Waals surface area contributed by atoms with Gasteiger partial charge in [-0.15, -0.1) is 24.8 Å². The molecule has 2 aliphatic carbocycles. The van der Waals surface area contributed by atoms with E-state index in [1.165, 1.54) is 42.2 Å². The largest absolute Gasteiger partial charge is 0.147 e. The first-order valence-electron chi connectivity index (χ1n) is 14.8. The van der Waals surface area contributed by atoms with Crippen LogP contribution in [0.1, 0.15) is 81.3 Å². The molecule has 0 spiro atoms. The zero-order valence-corrected chi connectivity index (χ0v) is 33.0. The van der Waals surface area contributed by atoms with Crippen molar-refractivity contribution < 1.29 is 21.0 Å². The zero-order valence-electron chi connectivity index (χ0n) is 26.2. The monoisotopic (exact) mass is 828 g/mol. The fraction of sp³-hybridized carbons (Fsp3) is 0.256. The molecule has 0 saturated heterocycles. The summed E-state index contributed by atoms with van der Waals surface area (Å²) in [5.74, 6) is 0. The Morgan fingerprint density at radius 1 is 0.659 bits per heavy atom. The Bertz CT molecular complexity index is 1730. The zero-order chi connectivity index (χ0) is 29.8. The van der Waals surface area contributed by atoms with Gasteiger partial charge < -0.3 is 0 Å². The Kier molecular flexibility index (Phi) is 10.8. The molecule has 0 atom stereocenters. The van der Waals surface area contributed by atoms with Gasteiger partial charge in [-0.3, -0.25) is 0 Å². The van der Waals surface area contributed by atoms with E-state index in [1.807, 2.05) is 24.3 Å². The van der Waals surface area contributed by atoms with E-state index in [9.17, 15) is 0 Å². The molecule has 6 rings (SSSR count). The first kappa shape index (κ1) is 35.1. The smallest absolute Gasteiger partial charge is 0.147 e. The molecule has 0 aliphatic heterocycles. The van der Waals surface area contributed by atoms with E-state index in [4.69, 9.17) is 23.2 Å². The van der Waals surface area contributed by atoms with Crippen molar-refractivity contribution in [2.75, 3.05) is 0 Å². The third-order valence-corrected chi connectivity index (χ3v) is 20.2. The minimum atomic E-state index is -3.01. The summed E-state index contributed by atoms with van der Waals surface area (Å²) in [5, 5.41) is 1.53. The Morgan fingerprint density at radius 2 is 1.20 bits per heavy atom. The Hall–Kier alpha value is -1.74. The molecule has 0 heterocycles. The maximum absolute atomic E-state index is 6.42. The molecule has 4 aromatic rings. The van der Waals surface area contributed by atoms with E-state index in [2.05, 4.69) is 114 Å². The standard InChI is InChI=1S/C21H25.C13H8Cl2.C5H5.2ClH.Hf/c1-20(2,3)16-9-7-14-11-15-8-10-17(21(4,5)6)13-19(15)18(14)12-16;14-12-5-1-10(2-6-12)9-11-3-7-13(15)8-4-11;1-2-4-5-3-1;;;/h7,9-10,12-13H,11H2,1-6H3;1-8H;1-3H,4H2;2*1H;. The van der Waals surface area contributed by atoms with E-state index in [1.54, 1.807) is 12.2 Å². The summed E-state index contributed by atoms with van der Waals surface area (Å²) in [7, 11) is 0. The van der Waals surface area contributed by atoms with Crippen molar-refractivity contribution in [3.8, 4) is 11.1 Å². The average molecular weight is 829 g/mol. The minimum absolute atomic E-state index is 0. The number of benzene rings is 4. The fourth-order valence-electron chi connectivity index (χ4n) is 6.19. The number of fused-ring (bicyclic) bond motifs is 3. The topological polar surface area (TPSA) is 0 Å². The molecule has 228 valence electrons. The van der Waals surface area contributed by atoms with Gasteiger partial charge in [0.05, 0.1) is 0 Å². The molecule has 0 aromatic heterocycles. The molecule has 0 saturated carbocycles. The van der Waals surface area contributed by atoms with E-state index in [0.29, 0.717) is 0 Å². The normalized spacial score (nSPS) is 13.4. The fourth-order valence-corrected chi connectivity index (χ4v) is 18.1. The van der Waals surface area contributed by atoms with E-state index < -0.39 is 21.0 Å². The minimum Gasteiger partial charge on any atom is -0.147 e. The van der Waals surface area contributed by atoms with Crippen molar-refractivity contribution in [1.29, 1.82) is 0 Å². The molecule has 0 bridgehead atoms. The van der Waals surface area contributed by atoms with Crippen LogP contribution in [0.4, 0.5) is 0 Å². The molecular weight excluding hydrogens is 789 g/mol. The third kappa shape index (κ3) is 6.98. The van der Waals surface area contributed by atoms with Crippen molar-refractivity contribution in [3.63, 3.8) is 0 Å². The summed E-state index contributed by atoms with van der Waals surface area (Å²) in [6.07, 6.45) is 9.05. The van der Waals surface area contributed by atoms with Gasteiger partial charge in [0, 0.05) is 0 Å². The summed E-state index contributed by atoms with van der Waals surface area (Å²) in [5.41, 5.74) is 11.4. The number of hydrogen-bond acceptors (Lipinski definition) is 0. The molecular formula is C39H40Cl4Hf. The van der Waals surface area contributed by atoms with Crippen LogP contribution in [0, 0.1) is 0 Å². The number of halogens is 4. The maximum atomic E-state index is 6.42. The SMILES string of the molecule is CC(C)(C)c1ccc2c(c1)-c1cc(C(C)(C)C)c[c]([Hf]([C]3=CC=CC3)=[C](c3ccc(Cl)cc3)c3ccc(Cl)cc3)c1C2.Cl.Cl. The van der Waals surface area contributed by atoms with Crippen molar-refractivity contribution >= 4 is 54.6 Å². The molecule has 44 heavy (non-hydrogen) atoms. The van der Waals surface area contributed by atoms with Crippen molar-refractivity contribution in [1.82, 2.24) is 0 Å². The first-order valence-corrected chi connectivity index (χ1v) is 21.0. The number of rotatable bonds is 4. The van der Waals surface area contributed by atoms with Crippen LogP contribution < -0.4 is 3.32 Å². The van der Waals surface area contributed by atoms with E-state index >= 15 is 0 Å². The Morgan fingerprint density at radius 3 is 1.70 bits per heavy atom. The predicted molar refractivity (Wildman–Crippen MR) is 194 cm³/mol. The molecule has 0 N–H and O–H groups in total. The summed E-state index contributed by atoms with van der Waals surface area (Å²) < 4.78 is 4.74. The van der Waals surface area contributed by atoms with E-state index in [-0.39, 0.29) is 35.6 Å². The summed E-state index contributed by atoms with van der Waals surface area (Å²) >= 11 is 9.83. The molecule has 2 aliphatic rings. The summed E-state index contributed by atoms with van der Waals surface area (Å²) in [6, 6.07) is 29.4. The van der Waals surface area contributed by atoms with Crippen LogP contribution in [0.15, 0.2) is 100 Å². The molecule has 4 aromatic carbocycles. The average Bonchev–Trinajstić information content (AvgIpc) is 3.60. The molecule has 0 fully saturated rings. The Balaban J connectivity index is 0.00000221. The van der Waals surface area contributed by atoms with Gasteiger partial charge in [0.2, 0.25) is 0 Å². The number of hydrogen-bond donors (Lipinski definition) is 0. The molecule has 0 nitrogen and oxygen atoms in total.